The molecule has 1 saturated heterocycles. The van der Waals surface area contributed by atoms with Crippen LogP contribution in [0.25, 0.3) is 22.2 Å². The number of nitrogens with one attached hydrogen (secondary N) is 1. The second kappa shape index (κ2) is 14.4. The minimum absolute atomic E-state index is 0.0411. The molecular formula is C34H38F3N5O7. The predicted molar refractivity (Wildman–Crippen MR) is 173 cm³/mol. The van der Waals surface area contributed by atoms with Crippen LogP contribution in [0.2, 0.25) is 0 Å². The highest BCUT2D eigenvalue weighted by molar-refractivity contribution is 5.96. The van der Waals surface area contributed by atoms with E-state index < -0.39 is 65.9 Å². The van der Waals surface area contributed by atoms with Gasteiger partial charge in [0.1, 0.15) is 40.9 Å². The van der Waals surface area contributed by atoms with Gasteiger partial charge in [-0.2, -0.15) is 13.2 Å². The van der Waals surface area contributed by atoms with Gasteiger partial charge in [-0.15, -0.1) is 0 Å². The number of nitrogens with two attached hydrogens (primary N) is 1. The molecule has 1 aliphatic heterocycles. The SMILES string of the molecule is C=C(C(=O)N(C)C[C@@H](NC(=O)OC(C)(C)C)C(=O)N1C[C@H](Oc2cc(-c3ccccc3)nc3cc(OC)ccc23)C[C@H]1C(N)=O)C(F)(F)F. The number of pyridine rings is 1. The third kappa shape index (κ3) is 8.97. The number of hydrogen-bond donors (Lipinski definition) is 2. The summed E-state index contributed by atoms with van der Waals surface area (Å²) in [6.07, 6.45) is -6.93. The van der Waals surface area contributed by atoms with Crippen molar-refractivity contribution in [2.75, 3.05) is 27.2 Å². The van der Waals surface area contributed by atoms with Gasteiger partial charge in [-0.05, 0) is 32.9 Å². The van der Waals surface area contributed by atoms with Crippen LogP contribution < -0.4 is 20.5 Å². The van der Waals surface area contributed by atoms with Gasteiger partial charge in [-0.25, -0.2) is 9.78 Å². The molecule has 0 unspecified atom stereocenters. The molecule has 0 spiro atoms. The molecule has 1 fully saturated rings. The smallest absolute Gasteiger partial charge is 0.421 e. The first kappa shape index (κ1) is 36.5. The van der Waals surface area contributed by atoms with Crippen LogP contribution in [0.5, 0.6) is 11.5 Å². The van der Waals surface area contributed by atoms with Crippen molar-refractivity contribution < 1.29 is 46.6 Å². The fraction of sp³-hybridized carbons (Fsp3) is 0.382. The third-order valence-electron chi connectivity index (χ3n) is 7.61. The van der Waals surface area contributed by atoms with Gasteiger partial charge in [0, 0.05) is 36.6 Å². The van der Waals surface area contributed by atoms with Gasteiger partial charge in [-0.1, -0.05) is 36.9 Å². The first-order valence-electron chi connectivity index (χ1n) is 15.2. The number of carbonyl (C=O) groups is 4. The molecule has 3 N–H and O–H groups in total. The summed E-state index contributed by atoms with van der Waals surface area (Å²) in [6.45, 7) is 6.62. The summed E-state index contributed by atoms with van der Waals surface area (Å²) in [6, 6.07) is 13.4. The van der Waals surface area contributed by atoms with Gasteiger partial charge in [-0.3, -0.25) is 14.4 Å². The van der Waals surface area contributed by atoms with E-state index >= 15 is 0 Å². The average molecular weight is 686 g/mol. The van der Waals surface area contributed by atoms with Crippen molar-refractivity contribution in [2.24, 2.45) is 5.73 Å². The molecule has 2 heterocycles. The van der Waals surface area contributed by atoms with E-state index in [0.29, 0.717) is 33.0 Å². The topological polar surface area (TPSA) is 153 Å². The maximum atomic E-state index is 14.0. The van der Waals surface area contributed by atoms with E-state index in [0.717, 1.165) is 17.5 Å². The van der Waals surface area contributed by atoms with E-state index in [1.807, 2.05) is 30.3 Å². The molecule has 15 heteroatoms. The van der Waals surface area contributed by atoms with Crippen LogP contribution in [0.4, 0.5) is 18.0 Å². The number of carbonyl (C=O) groups excluding carboxylic acids is 4. The van der Waals surface area contributed by atoms with Crippen molar-refractivity contribution in [2.45, 2.75) is 57.2 Å². The fourth-order valence-electron chi connectivity index (χ4n) is 5.28. The lowest BCUT2D eigenvalue weighted by molar-refractivity contribution is -0.142. The van der Waals surface area contributed by atoms with E-state index in [9.17, 15) is 32.3 Å². The van der Waals surface area contributed by atoms with Gasteiger partial charge in [0.2, 0.25) is 11.8 Å². The number of ether oxygens (including phenoxy) is 3. The number of likely N-dealkylation sites (tertiary alicyclic amines) is 1. The van der Waals surface area contributed by atoms with Crippen molar-refractivity contribution in [1.82, 2.24) is 20.1 Å². The largest absolute Gasteiger partial charge is 0.497 e. The highest BCUT2D eigenvalue weighted by atomic mass is 19.4. The summed E-state index contributed by atoms with van der Waals surface area (Å²) in [5, 5.41) is 2.95. The molecule has 262 valence electrons. The standard InChI is InChI=1S/C34H38F3N5O7/c1-19(34(35,36)37)30(44)41(5)18-26(40-32(46)49-33(2,3)4)31(45)42-17-22(15-27(42)29(38)43)48-28-16-24(20-10-8-7-9-11-20)39-25-14-21(47-6)12-13-23(25)28/h7-14,16,22,26-27H,1,15,17-18H2,2-6H3,(H2,38,43)(H,40,46)/t22-,26-,27+/m1/s1. The molecule has 0 bridgehead atoms. The molecule has 4 amide bonds. The molecular weight excluding hydrogens is 647 g/mol. The number of alkyl carbamates (subject to hydrolysis) is 1. The normalized spacial score (nSPS) is 16.9. The number of rotatable bonds is 10. The summed E-state index contributed by atoms with van der Waals surface area (Å²) in [5.41, 5.74) is 4.98. The first-order chi connectivity index (χ1) is 22.9. The quantitative estimate of drug-likeness (QED) is 0.301. The van der Waals surface area contributed by atoms with E-state index in [1.54, 1.807) is 45.0 Å². The molecule has 4 rings (SSSR count). The number of amides is 4. The van der Waals surface area contributed by atoms with E-state index in [2.05, 4.69) is 11.9 Å². The Balaban J connectivity index is 1.65. The van der Waals surface area contributed by atoms with Gasteiger partial charge in [0.05, 0.1) is 31.4 Å². The Morgan fingerprint density at radius 2 is 1.78 bits per heavy atom. The van der Waals surface area contributed by atoms with Crippen molar-refractivity contribution in [3.05, 3.63) is 66.7 Å². The summed E-state index contributed by atoms with van der Waals surface area (Å²) in [4.78, 5) is 58.3. The number of benzene rings is 2. The minimum Gasteiger partial charge on any atom is -0.497 e. The number of fused-ring (bicyclic) bond motifs is 1. The number of likely N-dealkylation sites (N-methyl/N-ethyl adjacent to an activating group) is 1. The molecule has 1 aromatic heterocycles. The zero-order valence-electron chi connectivity index (χ0n) is 27.7. The minimum atomic E-state index is -5.03. The lowest BCUT2D eigenvalue weighted by atomic mass is 10.1. The lowest BCUT2D eigenvalue weighted by Gasteiger charge is -2.31. The monoisotopic (exact) mass is 685 g/mol. The van der Waals surface area contributed by atoms with Gasteiger partial charge >= 0.3 is 12.3 Å². The number of alkyl halides is 3. The summed E-state index contributed by atoms with van der Waals surface area (Å²) in [7, 11) is 2.55. The Kier molecular flexibility index (Phi) is 10.7. The lowest BCUT2D eigenvalue weighted by Crippen LogP contribution is -2.57. The van der Waals surface area contributed by atoms with Crippen LogP contribution in [0.15, 0.2) is 66.7 Å². The predicted octanol–water partition coefficient (Wildman–Crippen LogP) is 4.21. The van der Waals surface area contributed by atoms with E-state index in [1.165, 1.54) is 7.11 Å². The Morgan fingerprint density at radius 1 is 1.10 bits per heavy atom. The van der Waals surface area contributed by atoms with Crippen molar-refractivity contribution in [3.8, 4) is 22.8 Å². The highest BCUT2D eigenvalue weighted by Gasteiger charge is 2.44. The second-order valence-corrected chi connectivity index (χ2v) is 12.5. The Hall–Kier alpha value is -5.34. The van der Waals surface area contributed by atoms with Gasteiger partial charge in [0.15, 0.2) is 0 Å². The molecule has 0 radical (unpaired) electrons. The van der Waals surface area contributed by atoms with Crippen LogP contribution in [-0.2, 0) is 19.1 Å². The van der Waals surface area contributed by atoms with Crippen LogP contribution in [-0.4, -0.2) is 95.8 Å². The number of methoxy groups -OCH3 is 1. The maximum absolute atomic E-state index is 14.0. The Bertz CT molecular complexity index is 1740. The van der Waals surface area contributed by atoms with Crippen LogP contribution in [0, 0.1) is 0 Å². The Labute approximate surface area is 281 Å². The van der Waals surface area contributed by atoms with E-state index in [-0.39, 0.29) is 13.0 Å². The number of primary amides is 1. The molecule has 0 saturated carbocycles. The summed E-state index contributed by atoms with van der Waals surface area (Å²) in [5.74, 6) is -2.32. The number of halogens is 3. The molecule has 3 atom stereocenters. The number of aromatic nitrogens is 1. The number of nitrogens with zero attached hydrogens (tertiary/aromatic N) is 3. The molecule has 0 aliphatic carbocycles. The van der Waals surface area contributed by atoms with Crippen LogP contribution in [0.1, 0.15) is 27.2 Å². The maximum Gasteiger partial charge on any atom is 0.421 e. The zero-order chi connectivity index (χ0) is 36.3. The second-order valence-electron chi connectivity index (χ2n) is 12.5. The third-order valence-corrected chi connectivity index (χ3v) is 7.61. The Morgan fingerprint density at radius 3 is 2.37 bits per heavy atom. The van der Waals surface area contributed by atoms with Gasteiger partial charge in [0.25, 0.3) is 5.91 Å². The molecule has 1 aliphatic rings. The van der Waals surface area contributed by atoms with Crippen LogP contribution in [0.3, 0.4) is 0 Å². The summed E-state index contributed by atoms with van der Waals surface area (Å²) >= 11 is 0. The fourth-order valence-corrected chi connectivity index (χ4v) is 5.28. The van der Waals surface area contributed by atoms with Crippen molar-refractivity contribution >= 4 is 34.7 Å². The van der Waals surface area contributed by atoms with Gasteiger partial charge < -0.3 is 35.1 Å². The molecule has 12 nitrogen and oxygen atoms in total. The van der Waals surface area contributed by atoms with E-state index in [4.69, 9.17) is 24.9 Å². The summed E-state index contributed by atoms with van der Waals surface area (Å²) < 4.78 is 56.7. The van der Waals surface area contributed by atoms with Crippen molar-refractivity contribution in [1.29, 1.82) is 0 Å². The molecule has 49 heavy (non-hydrogen) atoms. The first-order valence-corrected chi connectivity index (χ1v) is 15.2. The zero-order valence-corrected chi connectivity index (χ0v) is 27.7. The molecule has 2 aromatic carbocycles. The average Bonchev–Trinajstić information content (AvgIpc) is 3.46. The van der Waals surface area contributed by atoms with Crippen molar-refractivity contribution in [3.63, 3.8) is 0 Å². The highest BCUT2D eigenvalue weighted by Crippen LogP contribution is 2.34. The number of hydrogen-bond acceptors (Lipinski definition) is 8. The molecule has 3 aromatic rings. The van der Waals surface area contributed by atoms with Crippen LogP contribution >= 0.6 is 0 Å².